The van der Waals surface area contributed by atoms with Crippen LogP contribution in [0.1, 0.15) is 12.8 Å². The van der Waals surface area contributed by atoms with Crippen LogP contribution in [0.15, 0.2) is 42.5 Å². The molecule has 0 radical (unpaired) electrons. The first kappa shape index (κ1) is 23.8. The van der Waals surface area contributed by atoms with Gasteiger partial charge in [0.15, 0.2) is 0 Å². The van der Waals surface area contributed by atoms with Crippen LogP contribution in [0, 0.1) is 17.5 Å². The van der Waals surface area contributed by atoms with Crippen molar-refractivity contribution >= 4 is 5.69 Å². The molecule has 2 aliphatic rings. The third kappa shape index (κ3) is 6.38. The average Bonchev–Trinajstić information content (AvgIpc) is 2.93. The molecule has 180 valence electrons. The fraction of sp³-hybridized carbons (Fsp3) is 0.500. The van der Waals surface area contributed by atoms with Gasteiger partial charge in [-0.1, -0.05) is 6.07 Å². The summed E-state index contributed by atoms with van der Waals surface area (Å²) in [4.78, 5) is 3.98. The van der Waals surface area contributed by atoms with Crippen LogP contribution in [0.5, 0.6) is 5.75 Å². The van der Waals surface area contributed by atoms with Gasteiger partial charge in [-0.3, -0.25) is 4.90 Å². The molecule has 1 atom stereocenters. The van der Waals surface area contributed by atoms with Crippen molar-refractivity contribution in [3.05, 3.63) is 59.9 Å². The van der Waals surface area contributed by atoms with Gasteiger partial charge in [0.05, 0.1) is 18.8 Å². The molecule has 6 nitrogen and oxygen atoms in total. The van der Waals surface area contributed by atoms with E-state index < -0.39 is 22.8 Å². The Bertz CT molecular complexity index is 935. The highest BCUT2D eigenvalue weighted by molar-refractivity contribution is 5.47. The van der Waals surface area contributed by atoms with E-state index in [0.29, 0.717) is 45.6 Å². The summed E-state index contributed by atoms with van der Waals surface area (Å²) in [5, 5.41) is 22.2. The molecular formula is C24H29F3N2O4. The van der Waals surface area contributed by atoms with Gasteiger partial charge in [0.25, 0.3) is 0 Å². The second-order valence-electron chi connectivity index (χ2n) is 9.07. The summed E-state index contributed by atoms with van der Waals surface area (Å²) in [6, 6.07) is 9.27. The van der Waals surface area contributed by atoms with Gasteiger partial charge in [-0.2, -0.15) is 0 Å². The Balaban J connectivity index is 1.34. The third-order valence-corrected chi connectivity index (χ3v) is 6.17. The summed E-state index contributed by atoms with van der Waals surface area (Å²) in [6.07, 6.45) is 0.997. The molecule has 4 rings (SSSR count). The Morgan fingerprint density at radius 3 is 2.33 bits per heavy atom. The fourth-order valence-electron chi connectivity index (χ4n) is 4.48. The number of piperidine rings is 1. The minimum Gasteiger partial charge on any atom is -0.490 e. The lowest BCUT2D eigenvalue weighted by Gasteiger charge is -2.42. The highest BCUT2D eigenvalue weighted by Crippen LogP contribution is 2.28. The van der Waals surface area contributed by atoms with Crippen LogP contribution in [-0.4, -0.2) is 78.9 Å². The van der Waals surface area contributed by atoms with Crippen molar-refractivity contribution in [1.29, 1.82) is 0 Å². The lowest BCUT2D eigenvalue weighted by molar-refractivity contribution is -0.0743. The maximum Gasteiger partial charge on any atom is 0.134 e. The summed E-state index contributed by atoms with van der Waals surface area (Å²) in [6.45, 7) is 2.39. The number of ether oxygens (including phenoxy) is 2. The fourth-order valence-corrected chi connectivity index (χ4v) is 4.48. The topological polar surface area (TPSA) is 65.4 Å². The van der Waals surface area contributed by atoms with Crippen molar-refractivity contribution in [3.63, 3.8) is 0 Å². The molecule has 2 heterocycles. The minimum absolute atomic E-state index is 0.00702. The third-order valence-electron chi connectivity index (χ3n) is 6.17. The molecule has 0 saturated carbocycles. The van der Waals surface area contributed by atoms with E-state index >= 15 is 0 Å². The molecule has 2 saturated heterocycles. The standard InChI is InChI=1S/C24H29F3N2O4/c25-18-2-1-3-21(11-18)29-6-4-23(30,5-7-29)14-28-8-9-32-16-24(31,15-28)17-33-22-12-19(26)10-20(27)13-22/h1-3,10-13,30-31H,4-9,14-17H2. The van der Waals surface area contributed by atoms with E-state index in [4.69, 9.17) is 9.47 Å². The van der Waals surface area contributed by atoms with E-state index in [0.717, 1.165) is 23.9 Å². The number of anilines is 1. The quantitative estimate of drug-likeness (QED) is 0.683. The number of hydrogen-bond donors (Lipinski definition) is 2. The Kier molecular flexibility index (Phi) is 7.13. The van der Waals surface area contributed by atoms with Gasteiger partial charge in [-0.25, -0.2) is 13.2 Å². The van der Waals surface area contributed by atoms with E-state index in [9.17, 15) is 23.4 Å². The SMILES string of the molecule is OC1(CN2CCOCC(O)(COc3cc(F)cc(F)c3)C2)CCN(c2cccc(F)c2)CC1. The number of nitrogens with zero attached hydrogens (tertiary/aromatic N) is 2. The molecule has 2 N–H and O–H groups in total. The molecule has 1 unspecified atom stereocenters. The van der Waals surface area contributed by atoms with E-state index in [1.807, 2.05) is 15.9 Å². The molecule has 2 aromatic rings. The number of hydrogen-bond acceptors (Lipinski definition) is 6. The van der Waals surface area contributed by atoms with Crippen molar-refractivity contribution in [3.8, 4) is 5.75 Å². The predicted molar refractivity (Wildman–Crippen MR) is 117 cm³/mol. The van der Waals surface area contributed by atoms with Crippen LogP contribution < -0.4 is 9.64 Å². The monoisotopic (exact) mass is 466 g/mol. The number of rotatable bonds is 6. The molecule has 2 aromatic carbocycles. The molecule has 9 heteroatoms. The van der Waals surface area contributed by atoms with Gasteiger partial charge in [-0.15, -0.1) is 0 Å². The first-order valence-electron chi connectivity index (χ1n) is 11.1. The number of aliphatic hydroxyl groups is 2. The maximum absolute atomic E-state index is 13.5. The van der Waals surface area contributed by atoms with Gasteiger partial charge in [0.2, 0.25) is 0 Å². The molecule has 0 aliphatic carbocycles. The second-order valence-corrected chi connectivity index (χ2v) is 9.07. The van der Waals surface area contributed by atoms with Crippen molar-refractivity contribution in [2.75, 3.05) is 57.4 Å². The largest absolute Gasteiger partial charge is 0.490 e. The molecule has 2 fully saturated rings. The molecule has 0 amide bonds. The Morgan fingerprint density at radius 1 is 0.909 bits per heavy atom. The van der Waals surface area contributed by atoms with Crippen LogP contribution >= 0.6 is 0 Å². The predicted octanol–water partition coefficient (Wildman–Crippen LogP) is 2.58. The summed E-state index contributed by atoms with van der Waals surface area (Å²) < 4.78 is 51.4. The Hall–Kier alpha value is -2.33. The van der Waals surface area contributed by atoms with E-state index in [-0.39, 0.29) is 31.3 Å². The first-order chi connectivity index (χ1) is 15.7. The molecule has 33 heavy (non-hydrogen) atoms. The zero-order chi connectivity index (χ0) is 23.5. The Morgan fingerprint density at radius 2 is 1.64 bits per heavy atom. The Labute approximate surface area is 191 Å². The van der Waals surface area contributed by atoms with Crippen LogP contribution in [-0.2, 0) is 4.74 Å². The van der Waals surface area contributed by atoms with Gasteiger partial charge in [-0.05, 0) is 31.0 Å². The second kappa shape index (κ2) is 9.89. The average molecular weight is 467 g/mol. The van der Waals surface area contributed by atoms with Gasteiger partial charge >= 0.3 is 0 Å². The number of benzene rings is 2. The molecule has 2 aliphatic heterocycles. The maximum atomic E-state index is 13.5. The lowest BCUT2D eigenvalue weighted by Crippen LogP contribution is -2.55. The molecule has 0 aromatic heterocycles. The summed E-state index contributed by atoms with van der Waals surface area (Å²) in [5.74, 6) is -1.83. The van der Waals surface area contributed by atoms with Gasteiger partial charge in [0, 0.05) is 56.6 Å². The van der Waals surface area contributed by atoms with Gasteiger partial charge in [0.1, 0.15) is 35.4 Å². The number of β-amino-alcohol motifs (C(OH)–C–C–N with tert-alkyl or cyclic N) is 2. The molecular weight excluding hydrogens is 437 g/mol. The van der Waals surface area contributed by atoms with E-state index in [1.54, 1.807) is 6.07 Å². The molecule has 0 spiro atoms. The zero-order valence-electron chi connectivity index (χ0n) is 18.4. The molecule has 0 bridgehead atoms. The van der Waals surface area contributed by atoms with Gasteiger partial charge < -0.3 is 24.6 Å². The van der Waals surface area contributed by atoms with E-state index in [2.05, 4.69) is 0 Å². The smallest absolute Gasteiger partial charge is 0.134 e. The van der Waals surface area contributed by atoms with Crippen LogP contribution in [0.4, 0.5) is 18.9 Å². The summed E-state index contributed by atoms with van der Waals surface area (Å²) >= 11 is 0. The first-order valence-corrected chi connectivity index (χ1v) is 11.1. The van der Waals surface area contributed by atoms with Crippen molar-refractivity contribution in [2.24, 2.45) is 0 Å². The minimum atomic E-state index is -1.40. The zero-order valence-corrected chi connectivity index (χ0v) is 18.4. The highest BCUT2D eigenvalue weighted by Gasteiger charge is 2.39. The normalized spacial score (nSPS) is 23.8. The van der Waals surface area contributed by atoms with Crippen LogP contribution in [0.2, 0.25) is 0 Å². The van der Waals surface area contributed by atoms with Crippen LogP contribution in [0.25, 0.3) is 0 Å². The van der Waals surface area contributed by atoms with Crippen molar-refractivity contribution < 1.29 is 32.9 Å². The summed E-state index contributed by atoms with van der Waals surface area (Å²) in [5.41, 5.74) is -1.57. The summed E-state index contributed by atoms with van der Waals surface area (Å²) in [7, 11) is 0. The van der Waals surface area contributed by atoms with E-state index in [1.165, 1.54) is 12.1 Å². The van der Waals surface area contributed by atoms with Crippen molar-refractivity contribution in [1.82, 2.24) is 4.90 Å². The lowest BCUT2D eigenvalue weighted by atomic mass is 9.90. The highest BCUT2D eigenvalue weighted by atomic mass is 19.1. The van der Waals surface area contributed by atoms with Crippen LogP contribution in [0.3, 0.4) is 0 Å². The number of halogens is 3. The van der Waals surface area contributed by atoms with Crippen molar-refractivity contribution in [2.45, 2.75) is 24.0 Å².